The van der Waals surface area contributed by atoms with Crippen LogP contribution < -0.4 is 0 Å². The second kappa shape index (κ2) is 3.38. The van der Waals surface area contributed by atoms with E-state index in [-0.39, 0.29) is 16.7 Å². The van der Waals surface area contributed by atoms with Crippen LogP contribution in [0.4, 0.5) is 13.2 Å². The van der Waals surface area contributed by atoms with E-state index in [1.807, 2.05) is 0 Å². The van der Waals surface area contributed by atoms with E-state index in [1.54, 1.807) is 6.20 Å². The highest BCUT2D eigenvalue weighted by atomic mass is 35.5. The predicted molar refractivity (Wildman–Crippen MR) is 57.2 cm³/mol. The van der Waals surface area contributed by atoms with Gasteiger partial charge in [-0.2, -0.15) is 13.2 Å². The van der Waals surface area contributed by atoms with Crippen molar-refractivity contribution in [3.63, 3.8) is 0 Å². The SMILES string of the molecule is FC(F)(F)c1cc(C2CC2)cn2c(Cl)cnc12. The number of fused-ring (bicyclic) bond motifs is 1. The van der Waals surface area contributed by atoms with E-state index in [1.165, 1.54) is 16.7 Å². The highest BCUT2D eigenvalue weighted by molar-refractivity contribution is 6.29. The molecule has 3 rings (SSSR count). The van der Waals surface area contributed by atoms with E-state index >= 15 is 0 Å². The zero-order valence-corrected chi connectivity index (χ0v) is 9.39. The number of nitrogens with zero attached hydrogens (tertiary/aromatic N) is 2. The molecule has 0 radical (unpaired) electrons. The Kier molecular flexibility index (Phi) is 2.17. The van der Waals surface area contributed by atoms with Gasteiger partial charge in [0.15, 0.2) is 0 Å². The number of hydrogen-bond donors (Lipinski definition) is 0. The summed E-state index contributed by atoms with van der Waals surface area (Å²) in [5, 5.41) is 0.202. The van der Waals surface area contributed by atoms with Crippen molar-refractivity contribution < 1.29 is 13.2 Å². The number of aromatic nitrogens is 2. The topological polar surface area (TPSA) is 17.3 Å². The van der Waals surface area contributed by atoms with Gasteiger partial charge < -0.3 is 0 Å². The highest BCUT2D eigenvalue weighted by Gasteiger charge is 2.36. The first kappa shape index (κ1) is 10.9. The smallest absolute Gasteiger partial charge is 0.290 e. The molecule has 1 aliphatic rings. The molecular weight excluding hydrogens is 253 g/mol. The number of imidazole rings is 1. The molecule has 2 nitrogen and oxygen atoms in total. The summed E-state index contributed by atoms with van der Waals surface area (Å²) in [7, 11) is 0. The molecule has 0 unspecified atom stereocenters. The number of pyridine rings is 1. The Morgan fingerprint density at radius 2 is 2.06 bits per heavy atom. The number of rotatable bonds is 1. The molecule has 0 aromatic carbocycles. The highest BCUT2D eigenvalue weighted by Crippen LogP contribution is 2.43. The van der Waals surface area contributed by atoms with Crippen LogP contribution in [0.2, 0.25) is 5.15 Å². The van der Waals surface area contributed by atoms with Crippen LogP contribution in [0.15, 0.2) is 18.5 Å². The van der Waals surface area contributed by atoms with Crippen LogP contribution in [0.25, 0.3) is 5.65 Å². The minimum absolute atomic E-state index is 0.132. The molecule has 0 saturated heterocycles. The van der Waals surface area contributed by atoms with Gasteiger partial charge in [-0.3, -0.25) is 4.40 Å². The maximum atomic E-state index is 12.9. The molecule has 2 heterocycles. The van der Waals surface area contributed by atoms with Crippen molar-refractivity contribution in [1.29, 1.82) is 0 Å². The molecule has 0 spiro atoms. The molecule has 2 aromatic rings. The van der Waals surface area contributed by atoms with E-state index in [2.05, 4.69) is 4.98 Å². The minimum atomic E-state index is -4.40. The van der Waals surface area contributed by atoms with E-state index in [0.29, 0.717) is 5.56 Å². The first-order chi connectivity index (χ1) is 7.97. The van der Waals surface area contributed by atoms with Crippen molar-refractivity contribution in [2.45, 2.75) is 24.9 Å². The Balaban J connectivity index is 2.30. The van der Waals surface area contributed by atoms with Crippen molar-refractivity contribution in [2.24, 2.45) is 0 Å². The van der Waals surface area contributed by atoms with Crippen molar-refractivity contribution in [3.05, 3.63) is 34.7 Å². The summed E-state index contributed by atoms with van der Waals surface area (Å²) in [4.78, 5) is 3.72. The van der Waals surface area contributed by atoms with Crippen LogP contribution in [0, 0.1) is 0 Å². The first-order valence-electron chi connectivity index (χ1n) is 5.20. The van der Waals surface area contributed by atoms with Crippen LogP contribution in [0.1, 0.15) is 29.9 Å². The van der Waals surface area contributed by atoms with Gasteiger partial charge in [-0.05, 0) is 30.4 Å². The normalized spacial score (nSPS) is 16.7. The maximum absolute atomic E-state index is 12.9. The lowest BCUT2D eigenvalue weighted by Gasteiger charge is -2.10. The summed E-state index contributed by atoms with van der Waals surface area (Å²) in [5.74, 6) is 0.235. The van der Waals surface area contributed by atoms with E-state index in [9.17, 15) is 13.2 Å². The average Bonchev–Trinajstić information content (AvgIpc) is 3.02. The second-order valence-corrected chi connectivity index (χ2v) is 4.62. The lowest BCUT2D eigenvalue weighted by molar-refractivity contribution is -0.136. The fraction of sp³-hybridized carbons (Fsp3) is 0.364. The van der Waals surface area contributed by atoms with Gasteiger partial charge in [-0.15, -0.1) is 0 Å². The lowest BCUT2D eigenvalue weighted by Crippen LogP contribution is -2.09. The summed E-state index contributed by atoms with van der Waals surface area (Å²) in [6, 6.07) is 1.19. The molecule has 0 aliphatic heterocycles. The van der Waals surface area contributed by atoms with Crippen LogP contribution in [0.3, 0.4) is 0 Å². The molecule has 0 bridgehead atoms. The molecule has 0 amide bonds. The van der Waals surface area contributed by atoms with Crippen LogP contribution >= 0.6 is 11.6 Å². The van der Waals surface area contributed by atoms with Crippen LogP contribution in [0.5, 0.6) is 0 Å². The van der Waals surface area contributed by atoms with Gasteiger partial charge in [-0.1, -0.05) is 11.6 Å². The van der Waals surface area contributed by atoms with Crippen molar-refractivity contribution in [3.8, 4) is 0 Å². The second-order valence-electron chi connectivity index (χ2n) is 4.23. The van der Waals surface area contributed by atoms with Gasteiger partial charge in [0.2, 0.25) is 0 Å². The quantitative estimate of drug-likeness (QED) is 0.760. The third-order valence-electron chi connectivity index (χ3n) is 2.94. The Hall–Kier alpha value is -1.23. The third-order valence-corrected chi connectivity index (χ3v) is 3.22. The molecule has 1 aliphatic carbocycles. The number of hydrogen-bond acceptors (Lipinski definition) is 1. The molecular formula is C11H8ClF3N2. The van der Waals surface area contributed by atoms with E-state index < -0.39 is 11.7 Å². The Bertz CT molecular complexity index is 584. The van der Waals surface area contributed by atoms with Crippen LogP contribution in [-0.2, 0) is 6.18 Å². The molecule has 0 N–H and O–H groups in total. The zero-order valence-electron chi connectivity index (χ0n) is 8.63. The standard InChI is InChI=1S/C11H8ClF3N2/c12-9-4-16-10-8(11(13,14)15)3-7(5-17(9)10)6-1-2-6/h3-6H,1-2H2. The van der Waals surface area contributed by atoms with E-state index in [4.69, 9.17) is 11.6 Å². The number of halogens is 4. The van der Waals surface area contributed by atoms with E-state index in [0.717, 1.165) is 12.8 Å². The maximum Gasteiger partial charge on any atom is 0.419 e. The van der Waals surface area contributed by atoms with Crippen molar-refractivity contribution in [2.75, 3.05) is 0 Å². The van der Waals surface area contributed by atoms with Gasteiger partial charge >= 0.3 is 6.18 Å². The molecule has 0 atom stereocenters. The van der Waals surface area contributed by atoms with Gasteiger partial charge in [0.25, 0.3) is 0 Å². The molecule has 17 heavy (non-hydrogen) atoms. The average molecular weight is 261 g/mol. The summed E-state index contributed by atoms with van der Waals surface area (Å²) in [6.07, 6.45) is 0.367. The Morgan fingerprint density at radius 1 is 1.35 bits per heavy atom. The number of alkyl halides is 3. The lowest BCUT2D eigenvalue weighted by atomic mass is 10.1. The largest absolute Gasteiger partial charge is 0.419 e. The fourth-order valence-corrected chi connectivity index (χ4v) is 2.11. The summed E-state index contributed by atoms with van der Waals surface area (Å²) >= 11 is 5.82. The molecule has 2 aromatic heterocycles. The minimum Gasteiger partial charge on any atom is -0.290 e. The monoisotopic (exact) mass is 260 g/mol. The summed E-state index contributed by atoms with van der Waals surface area (Å²) < 4.78 is 40.0. The summed E-state index contributed by atoms with van der Waals surface area (Å²) in [6.45, 7) is 0. The fourth-order valence-electron chi connectivity index (χ4n) is 1.93. The molecule has 1 saturated carbocycles. The molecule has 90 valence electrons. The van der Waals surface area contributed by atoms with Gasteiger partial charge in [0.1, 0.15) is 10.8 Å². The first-order valence-corrected chi connectivity index (χ1v) is 5.58. The van der Waals surface area contributed by atoms with Gasteiger partial charge in [0, 0.05) is 6.20 Å². The van der Waals surface area contributed by atoms with Crippen LogP contribution in [-0.4, -0.2) is 9.38 Å². The summed E-state index contributed by atoms with van der Waals surface area (Å²) in [5.41, 5.74) is -0.162. The predicted octanol–water partition coefficient (Wildman–Crippen LogP) is 3.88. The van der Waals surface area contributed by atoms with Gasteiger partial charge in [0.05, 0.1) is 11.8 Å². The van der Waals surface area contributed by atoms with Gasteiger partial charge in [-0.25, -0.2) is 4.98 Å². The van der Waals surface area contributed by atoms with Crippen molar-refractivity contribution in [1.82, 2.24) is 9.38 Å². The molecule has 1 fully saturated rings. The Morgan fingerprint density at radius 3 is 2.65 bits per heavy atom. The zero-order chi connectivity index (χ0) is 12.2. The molecule has 6 heteroatoms. The van der Waals surface area contributed by atoms with Crippen molar-refractivity contribution >= 4 is 17.2 Å². The Labute approximate surface area is 100 Å². The third kappa shape index (κ3) is 1.78.